The average Bonchev–Trinajstić information content (AvgIpc) is 3.41. The number of rotatable bonds is 10. The molecule has 0 bridgehead atoms. The van der Waals surface area contributed by atoms with Gasteiger partial charge < -0.3 is 5.11 Å². The Morgan fingerprint density at radius 2 is 1.84 bits per heavy atom. The summed E-state index contributed by atoms with van der Waals surface area (Å²) in [5, 5.41) is 28.1. The van der Waals surface area contributed by atoms with E-state index in [4.69, 9.17) is 0 Å². The van der Waals surface area contributed by atoms with Crippen LogP contribution < -0.4 is 0 Å². The fourth-order valence-corrected chi connectivity index (χ4v) is 7.37. The third-order valence-electron chi connectivity index (χ3n) is 8.97. The molecule has 2 heterocycles. The van der Waals surface area contributed by atoms with Gasteiger partial charge in [-0.25, -0.2) is 8.78 Å². The number of carbonyl (C=O) groups excluding carboxylic acids is 2. The first-order valence-corrected chi connectivity index (χ1v) is 15.4. The van der Waals surface area contributed by atoms with Gasteiger partial charge in [-0.05, 0) is 67.9 Å². The molecule has 226 valence electrons. The Hall–Kier alpha value is -3.39. The van der Waals surface area contributed by atoms with E-state index in [1.807, 2.05) is 39.0 Å². The van der Waals surface area contributed by atoms with E-state index in [-0.39, 0.29) is 46.4 Å². The van der Waals surface area contributed by atoms with Crippen LogP contribution in [0.25, 0.3) is 10.6 Å². The molecule has 0 unspecified atom stereocenters. The minimum Gasteiger partial charge on any atom is -0.390 e. The highest BCUT2D eigenvalue weighted by atomic mass is 32.1. The Balaban J connectivity index is 1.32. The van der Waals surface area contributed by atoms with Crippen molar-refractivity contribution >= 4 is 22.9 Å². The maximum Gasteiger partial charge on any atom is 0.194 e. The maximum absolute atomic E-state index is 14.3. The van der Waals surface area contributed by atoms with Gasteiger partial charge in [0.05, 0.1) is 17.2 Å². The molecule has 2 fully saturated rings. The van der Waals surface area contributed by atoms with Crippen molar-refractivity contribution in [3.63, 3.8) is 0 Å². The van der Waals surface area contributed by atoms with Gasteiger partial charge in [0.1, 0.15) is 17.4 Å². The second kappa shape index (κ2) is 11.9. The number of aromatic nitrogens is 2. The molecule has 2 aromatic carbocycles. The van der Waals surface area contributed by atoms with Crippen LogP contribution in [0.1, 0.15) is 86.6 Å². The summed E-state index contributed by atoms with van der Waals surface area (Å²) in [6, 6.07) is 12.9. The molecule has 1 aliphatic carbocycles. The van der Waals surface area contributed by atoms with E-state index in [0.717, 1.165) is 41.9 Å². The third kappa shape index (κ3) is 7.06. The van der Waals surface area contributed by atoms with Gasteiger partial charge in [-0.15, -0.1) is 10.2 Å². The lowest BCUT2D eigenvalue weighted by atomic mass is 9.68. The molecule has 0 atom stereocenters. The van der Waals surface area contributed by atoms with E-state index < -0.39 is 28.1 Å². The Labute approximate surface area is 254 Å². The fourth-order valence-electron chi connectivity index (χ4n) is 6.56. The Morgan fingerprint density at radius 1 is 1.12 bits per heavy atom. The zero-order valence-electron chi connectivity index (χ0n) is 24.7. The van der Waals surface area contributed by atoms with Gasteiger partial charge in [-0.2, -0.15) is 5.26 Å². The van der Waals surface area contributed by atoms with Gasteiger partial charge in [0.2, 0.25) is 0 Å². The van der Waals surface area contributed by atoms with Gasteiger partial charge in [0, 0.05) is 55.4 Å². The molecule has 1 aromatic heterocycles. The summed E-state index contributed by atoms with van der Waals surface area (Å²) in [6.07, 6.45) is 3.72. The van der Waals surface area contributed by atoms with Crippen molar-refractivity contribution in [3.05, 3.63) is 70.2 Å². The van der Waals surface area contributed by atoms with Gasteiger partial charge >= 0.3 is 0 Å². The predicted molar refractivity (Wildman–Crippen MR) is 160 cm³/mol. The molecule has 43 heavy (non-hydrogen) atoms. The Bertz CT molecular complexity index is 1560. The van der Waals surface area contributed by atoms with Crippen LogP contribution >= 0.6 is 11.3 Å². The number of nitriles is 1. The van der Waals surface area contributed by atoms with Crippen molar-refractivity contribution in [2.45, 2.75) is 82.8 Å². The predicted octanol–water partition coefficient (Wildman–Crippen LogP) is 6.25. The number of ketones is 2. The zero-order valence-corrected chi connectivity index (χ0v) is 25.5. The van der Waals surface area contributed by atoms with Gasteiger partial charge in [-0.3, -0.25) is 14.5 Å². The Morgan fingerprint density at radius 3 is 2.51 bits per heavy atom. The minimum absolute atomic E-state index is 0.0396. The highest BCUT2D eigenvalue weighted by Crippen LogP contribution is 2.44. The molecule has 10 heteroatoms. The number of nitrogens with zero attached hydrogens (tertiary/aromatic N) is 4. The summed E-state index contributed by atoms with van der Waals surface area (Å²) < 4.78 is 27.7. The molecule has 3 aromatic rings. The van der Waals surface area contributed by atoms with Crippen LogP contribution in [0.5, 0.6) is 0 Å². The number of aliphatic hydroxyl groups is 1. The van der Waals surface area contributed by atoms with Crippen molar-refractivity contribution in [2.75, 3.05) is 13.1 Å². The molecule has 5 rings (SSSR count). The first-order chi connectivity index (χ1) is 20.3. The summed E-state index contributed by atoms with van der Waals surface area (Å²) >= 11 is 0.961. The van der Waals surface area contributed by atoms with Gasteiger partial charge in [-0.1, -0.05) is 37.3 Å². The molecule has 7 nitrogen and oxygen atoms in total. The summed E-state index contributed by atoms with van der Waals surface area (Å²) in [5.74, 6) is -1.70. The molecule has 1 saturated carbocycles. The number of Topliss-reactive ketones (excluding diaryl/α,β-unsaturated/α-hetero) is 2. The van der Waals surface area contributed by atoms with Crippen LogP contribution in [-0.2, 0) is 10.2 Å². The second-order valence-electron chi connectivity index (χ2n) is 13.2. The lowest BCUT2D eigenvalue weighted by Crippen LogP contribution is -2.62. The van der Waals surface area contributed by atoms with Crippen LogP contribution in [0.2, 0.25) is 0 Å². The number of halogens is 2. The van der Waals surface area contributed by atoms with Crippen molar-refractivity contribution in [1.29, 1.82) is 5.26 Å². The van der Waals surface area contributed by atoms with E-state index in [0.29, 0.717) is 37.5 Å². The van der Waals surface area contributed by atoms with E-state index in [9.17, 15) is 28.7 Å². The van der Waals surface area contributed by atoms with Crippen LogP contribution in [0.3, 0.4) is 0 Å². The molecule has 1 N–H and O–H groups in total. The van der Waals surface area contributed by atoms with Crippen LogP contribution in [-0.4, -0.2) is 56.5 Å². The summed E-state index contributed by atoms with van der Waals surface area (Å²) in [6.45, 7) is 7.00. The van der Waals surface area contributed by atoms with E-state index in [2.05, 4.69) is 21.2 Å². The number of benzene rings is 2. The maximum atomic E-state index is 14.3. The van der Waals surface area contributed by atoms with Crippen molar-refractivity contribution in [1.82, 2.24) is 15.1 Å². The van der Waals surface area contributed by atoms with E-state index in [1.54, 1.807) is 6.07 Å². The summed E-state index contributed by atoms with van der Waals surface area (Å²) in [4.78, 5) is 29.5. The lowest BCUT2D eigenvalue weighted by Gasteiger charge is -2.54. The monoisotopic (exact) mass is 606 g/mol. The molecule has 1 aliphatic heterocycles. The Kier molecular flexibility index (Phi) is 8.63. The summed E-state index contributed by atoms with van der Waals surface area (Å²) in [5.41, 5.74) is -0.208. The highest BCUT2D eigenvalue weighted by molar-refractivity contribution is 7.16. The largest absolute Gasteiger partial charge is 0.390 e. The average molecular weight is 607 g/mol. The highest BCUT2D eigenvalue weighted by Gasteiger charge is 2.49. The fraction of sp³-hybridized carbons (Fsp3) is 0.485. The van der Waals surface area contributed by atoms with E-state index >= 15 is 0 Å². The van der Waals surface area contributed by atoms with Gasteiger partial charge in [0.15, 0.2) is 15.8 Å². The zero-order chi connectivity index (χ0) is 31.0. The number of carbonyl (C=O) groups is 2. The first kappa shape index (κ1) is 31.0. The normalized spacial score (nSPS) is 22.0. The topological polar surface area (TPSA) is 107 Å². The molecule has 0 amide bonds. The third-order valence-corrected chi connectivity index (χ3v) is 9.97. The lowest BCUT2D eigenvalue weighted by molar-refractivity contribution is -0.128. The standard InChI is InChI=1S/C33H36F2N4O3S/c1-31(2,22-6-4-5-21(13-22)18-36)15-25(40)16-33(19-39(20-33)24-9-11-32(3,42)12-10-24)17-28(41)30-38-37-29(43-30)26-8-7-23(34)14-27(26)35/h4-8,13-14,24,42H,9-12,15-17,19-20H2,1-3H3. The molecule has 0 spiro atoms. The SMILES string of the molecule is CC1(O)CCC(N2CC(CC(=O)CC(C)(C)c3cccc(C#N)c3)(CC(=O)c3nnc(-c4ccc(F)cc4F)s3)C2)CC1. The van der Waals surface area contributed by atoms with Crippen molar-refractivity contribution < 1.29 is 23.5 Å². The smallest absolute Gasteiger partial charge is 0.194 e. The van der Waals surface area contributed by atoms with E-state index in [1.165, 1.54) is 6.07 Å². The van der Waals surface area contributed by atoms with Crippen molar-refractivity contribution in [3.8, 4) is 16.6 Å². The quantitative estimate of drug-likeness (QED) is 0.272. The molecule has 2 aliphatic rings. The first-order valence-electron chi connectivity index (χ1n) is 14.6. The number of hydrogen-bond donors (Lipinski definition) is 1. The van der Waals surface area contributed by atoms with Gasteiger partial charge in [0.25, 0.3) is 0 Å². The van der Waals surface area contributed by atoms with Crippen LogP contribution in [0, 0.1) is 28.4 Å². The minimum atomic E-state index is -0.777. The number of likely N-dealkylation sites (tertiary alicyclic amines) is 1. The molecule has 0 radical (unpaired) electrons. The number of hydrogen-bond acceptors (Lipinski definition) is 8. The van der Waals surface area contributed by atoms with Crippen LogP contribution in [0.15, 0.2) is 42.5 Å². The molecular formula is C33H36F2N4O3S. The molecule has 1 saturated heterocycles. The van der Waals surface area contributed by atoms with Crippen LogP contribution in [0.4, 0.5) is 8.78 Å². The second-order valence-corrected chi connectivity index (χ2v) is 14.2. The van der Waals surface area contributed by atoms with Crippen molar-refractivity contribution in [2.24, 2.45) is 5.41 Å². The summed E-state index contributed by atoms with van der Waals surface area (Å²) in [7, 11) is 0. The molecular weight excluding hydrogens is 570 g/mol.